The number of carbonyl (C=O) groups is 2. The van der Waals surface area contributed by atoms with Crippen LogP contribution in [0.1, 0.15) is 56.2 Å². The lowest BCUT2D eigenvalue weighted by atomic mass is 9.73. The summed E-state index contributed by atoms with van der Waals surface area (Å²) in [6, 6.07) is 14.2. The fourth-order valence-electron chi connectivity index (χ4n) is 5.52. The minimum absolute atomic E-state index is 0.0529. The Bertz CT molecular complexity index is 1300. The third-order valence-electron chi connectivity index (χ3n) is 7.43. The zero-order valence-corrected chi connectivity index (χ0v) is 20.4. The van der Waals surface area contributed by atoms with Gasteiger partial charge in [-0.25, -0.2) is 4.52 Å². The van der Waals surface area contributed by atoms with Gasteiger partial charge in [-0.15, -0.1) is 0 Å². The van der Waals surface area contributed by atoms with Crippen LogP contribution in [0.15, 0.2) is 65.5 Å². The summed E-state index contributed by atoms with van der Waals surface area (Å²) in [7, 11) is 0. The van der Waals surface area contributed by atoms with Crippen molar-refractivity contribution in [2.45, 2.75) is 52.5 Å². The van der Waals surface area contributed by atoms with E-state index < -0.39 is 0 Å². The molecule has 2 aliphatic rings. The number of pyridine rings is 1. The second-order valence-electron chi connectivity index (χ2n) is 10.0. The summed E-state index contributed by atoms with van der Waals surface area (Å²) in [6.07, 6.45) is 9.17. The van der Waals surface area contributed by atoms with Gasteiger partial charge in [-0.2, -0.15) is 5.10 Å². The fourth-order valence-corrected chi connectivity index (χ4v) is 5.52. The minimum Gasteiger partial charge on any atom is -0.352 e. The first kappa shape index (κ1) is 23.2. The van der Waals surface area contributed by atoms with E-state index in [1.54, 1.807) is 10.7 Å². The van der Waals surface area contributed by atoms with E-state index in [0.717, 1.165) is 41.6 Å². The van der Waals surface area contributed by atoms with Crippen LogP contribution in [0.25, 0.3) is 11.1 Å². The maximum atomic E-state index is 13.2. The van der Waals surface area contributed by atoms with Crippen LogP contribution in [0.4, 0.5) is 0 Å². The van der Waals surface area contributed by atoms with Crippen molar-refractivity contribution in [2.75, 3.05) is 0 Å². The highest BCUT2D eigenvalue weighted by Crippen LogP contribution is 2.35. The number of nitrogens with zero attached hydrogens (tertiary/aromatic N) is 3. The lowest BCUT2D eigenvalue weighted by Gasteiger charge is -2.31. The van der Waals surface area contributed by atoms with Crippen LogP contribution in [0, 0.1) is 17.8 Å². The van der Waals surface area contributed by atoms with Gasteiger partial charge in [-0.1, -0.05) is 37.3 Å². The molecule has 1 N–H and O–H groups in total. The van der Waals surface area contributed by atoms with E-state index in [9.17, 15) is 9.59 Å². The number of aromatic nitrogens is 2. The first-order chi connectivity index (χ1) is 17.0. The molecule has 35 heavy (non-hydrogen) atoms. The molecule has 0 saturated heterocycles. The van der Waals surface area contributed by atoms with Crippen LogP contribution < -0.4 is 5.32 Å². The molecule has 180 valence electrons. The van der Waals surface area contributed by atoms with Crippen LogP contribution in [0.2, 0.25) is 0 Å². The van der Waals surface area contributed by atoms with Crippen molar-refractivity contribution in [3.05, 3.63) is 77.2 Å². The number of rotatable bonds is 7. The number of nitrogens with one attached hydrogen (secondary N) is 1. The van der Waals surface area contributed by atoms with Crippen LogP contribution >= 0.6 is 0 Å². The molecule has 2 aromatic heterocycles. The number of aliphatic imine (C=N–C) groups is 1. The summed E-state index contributed by atoms with van der Waals surface area (Å²) in [4.78, 5) is 30.6. The summed E-state index contributed by atoms with van der Waals surface area (Å²) in [6.45, 7) is 4.69. The molecule has 1 aliphatic carbocycles. The molecule has 3 atom stereocenters. The molecule has 1 unspecified atom stereocenters. The first-order valence-electron chi connectivity index (χ1n) is 12.5. The Kier molecular flexibility index (Phi) is 6.62. The van der Waals surface area contributed by atoms with Crippen molar-refractivity contribution in [1.29, 1.82) is 0 Å². The van der Waals surface area contributed by atoms with Gasteiger partial charge in [0.2, 0.25) is 5.91 Å². The molecule has 3 heterocycles. The molecule has 1 amide bonds. The van der Waals surface area contributed by atoms with Crippen molar-refractivity contribution in [2.24, 2.45) is 22.7 Å². The van der Waals surface area contributed by atoms with E-state index in [2.05, 4.69) is 46.6 Å². The summed E-state index contributed by atoms with van der Waals surface area (Å²) in [5.74, 6) is 0.403. The van der Waals surface area contributed by atoms with Gasteiger partial charge < -0.3 is 5.32 Å². The number of hydrogen-bond acceptors (Lipinski definition) is 4. The van der Waals surface area contributed by atoms with Gasteiger partial charge in [0, 0.05) is 54.9 Å². The predicted molar refractivity (Wildman–Crippen MR) is 138 cm³/mol. The Hall–Kier alpha value is -3.54. The number of ketones is 1. The number of carbonyl (C=O) groups excluding carboxylic acids is 2. The summed E-state index contributed by atoms with van der Waals surface area (Å²) < 4.78 is 1.80. The highest BCUT2D eigenvalue weighted by atomic mass is 16.2. The molecule has 3 aromatic rings. The number of amides is 1. The van der Waals surface area contributed by atoms with Crippen molar-refractivity contribution < 1.29 is 9.59 Å². The lowest BCUT2D eigenvalue weighted by Crippen LogP contribution is -2.37. The van der Waals surface area contributed by atoms with Gasteiger partial charge in [-0.05, 0) is 60.9 Å². The zero-order valence-electron chi connectivity index (χ0n) is 20.4. The first-order valence-corrected chi connectivity index (χ1v) is 12.5. The van der Waals surface area contributed by atoms with Crippen molar-refractivity contribution >= 4 is 29.0 Å². The van der Waals surface area contributed by atoms with Crippen molar-refractivity contribution in [3.8, 4) is 0 Å². The smallest absolute Gasteiger partial charge is 0.223 e. The normalized spacial score (nSPS) is 22.1. The van der Waals surface area contributed by atoms with Gasteiger partial charge in [0.15, 0.2) is 0 Å². The maximum absolute atomic E-state index is 13.2. The molecule has 1 fully saturated rings. The van der Waals surface area contributed by atoms with E-state index in [0.29, 0.717) is 25.3 Å². The highest BCUT2D eigenvalue weighted by molar-refractivity contribution is 5.87. The van der Waals surface area contributed by atoms with Crippen LogP contribution in [-0.4, -0.2) is 27.5 Å². The third kappa shape index (κ3) is 5.11. The predicted octanol–water partition coefficient (Wildman–Crippen LogP) is 5.02. The number of fused-ring (bicyclic) bond motifs is 1. The number of allylic oxidation sites excluding steroid dienone is 2. The number of Topliss-reactive ketones (excluding diaryl/α,β-unsaturated/α-hetero) is 1. The van der Waals surface area contributed by atoms with Gasteiger partial charge in [0.1, 0.15) is 5.78 Å². The summed E-state index contributed by atoms with van der Waals surface area (Å²) >= 11 is 0. The molecule has 1 aromatic carbocycles. The van der Waals surface area contributed by atoms with Crippen molar-refractivity contribution in [3.63, 3.8) is 0 Å². The minimum atomic E-state index is -0.126. The number of hydrogen-bond donors (Lipinski definition) is 1. The second kappa shape index (κ2) is 9.98. The van der Waals surface area contributed by atoms with Crippen LogP contribution in [-0.2, 0) is 22.6 Å². The highest BCUT2D eigenvalue weighted by Gasteiger charge is 2.34. The second-order valence-corrected chi connectivity index (χ2v) is 10.0. The van der Waals surface area contributed by atoms with E-state index in [1.807, 2.05) is 37.5 Å². The van der Waals surface area contributed by atoms with Crippen LogP contribution in [0.5, 0.6) is 0 Å². The Morgan fingerprint density at radius 2 is 1.86 bits per heavy atom. The fraction of sp³-hybridized carbons (Fsp3) is 0.379. The Labute approximate surface area is 206 Å². The van der Waals surface area contributed by atoms with E-state index in [-0.39, 0.29) is 23.5 Å². The van der Waals surface area contributed by atoms with Gasteiger partial charge in [-0.3, -0.25) is 14.6 Å². The summed E-state index contributed by atoms with van der Waals surface area (Å²) in [5.41, 5.74) is 6.51. The maximum Gasteiger partial charge on any atom is 0.223 e. The standard InChI is InChI=1S/C29H32N4O2/c1-19-13-23(28(34)16-25-18-32-33-12-4-3-5-27(25)33)15-24(14-19)29(35)31-17-21-6-8-22(9-7-21)26-10-11-30-20(26)2/h3-9,11-12,18-19,23-24H,10,13-17H2,1-2H3,(H,31,35)/t19-,23?,24+/m0/s1. The molecule has 0 bridgehead atoms. The number of benzene rings is 1. The molecule has 0 spiro atoms. The van der Waals surface area contributed by atoms with Crippen LogP contribution in [0.3, 0.4) is 0 Å². The molecule has 6 heteroatoms. The average molecular weight is 469 g/mol. The summed E-state index contributed by atoms with van der Waals surface area (Å²) in [5, 5.41) is 7.47. The van der Waals surface area contributed by atoms with E-state index in [4.69, 9.17) is 0 Å². The van der Waals surface area contributed by atoms with Gasteiger partial charge in [0.05, 0.1) is 11.7 Å². The average Bonchev–Trinajstić information content (AvgIpc) is 3.48. The van der Waals surface area contributed by atoms with E-state index in [1.165, 1.54) is 11.1 Å². The molecular formula is C29H32N4O2. The Morgan fingerprint density at radius 1 is 1.06 bits per heavy atom. The Balaban J connectivity index is 1.18. The molecule has 1 saturated carbocycles. The molecule has 5 rings (SSSR count). The van der Waals surface area contributed by atoms with Gasteiger partial charge >= 0.3 is 0 Å². The molecule has 6 nitrogen and oxygen atoms in total. The molecule has 0 radical (unpaired) electrons. The Morgan fingerprint density at radius 3 is 2.63 bits per heavy atom. The SMILES string of the molecule is CC1=C(c2ccc(CNC(=O)[C@H]3CC(C(=O)Cc4cnn5ccccc45)C[C@H](C)C3)cc2)CC=N1. The lowest BCUT2D eigenvalue weighted by molar-refractivity contribution is -0.130. The monoisotopic (exact) mass is 468 g/mol. The topological polar surface area (TPSA) is 75.8 Å². The zero-order chi connectivity index (χ0) is 24.4. The quantitative estimate of drug-likeness (QED) is 0.529. The van der Waals surface area contributed by atoms with E-state index >= 15 is 0 Å². The third-order valence-corrected chi connectivity index (χ3v) is 7.43. The van der Waals surface area contributed by atoms with Crippen molar-refractivity contribution in [1.82, 2.24) is 14.9 Å². The largest absolute Gasteiger partial charge is 0.352 e. The molecule has 1 aliphatic heterocycles. The van der Waals surface area contributed by atoms with Gasteiger partial charge in [0.25, 0.3) is 0 Å². The molecular weight excluding hydrogens is 436 g/mol.